The molecule has 0 atom stereocenters. The Morgan fingerprint density at radius 2 is 0.696 bits per heavy atom. The molecule has 0 fully saturated rings. The lowest BCUT2D eigenvalue weighted by atomic mass is 9.82. The predicted octanol–water partition coefficient (Wildman–Crippen LogP) is 20.6. The first-order valence-electron chi connectivity index (χ1n) is 27.5. The lowest BCUT2D eigenvalue weighted by molar-refractivity contribution is 0.660. The summed E-state index contributed by atoms with van der Waals surface area (Å²) in [7, 11) is 0. The molecule has 2 aliphatic rings. The van der Waals surface area contributed by atoms with Crippen molar-refractivity contribution in [2.24, 2.45) is 0 Å². The number of hydrogen-bond acceptors (Lipinski definition) is 3. The molecule has 0 radical (unpaired) electrons. The molecule has 0 aliphatic heterocycles. The average molecular weight is 1030 g/mol. The third kappa shape index (κ3) is 6.66. The van der Waals surface area contributed by atoms with Gasteiger partial charge in [-0.25, -0.2) is 0 Å². The van der Waals surface area contributed by atoms with E-state index in [1.807, 2.05) is 11.3 Å². The molecule has 5 heteroatoms. The van der Waals surface area contributed by atoms with Crippen molar-refractivity contribution < 1.29 is 0 Å². The van der Waals surface area contributed by atoms with Gasteiger partial charge in [-0.2, -0.15) is 0 Å². The van der Waals surface area contributed by atoms with Crippen molar-refractivity contribution in [2.75, 3.05) is 9.80 Å². The number of hydrogen-bond donors (Lipinski definition) is 0. The Hall–Kier alpha value is -9.42. The molecule has 0 amide bonds. The first-order chi connectivity index (χ1) is 38.7. The third-order valence-corrected chi connectivity index (χ3v) is 18.5. The maximum atomic E-state index is 2.53. The molecule has 0 unspecified atom stereocenters. The van der Waals surface area contributed by atoms with Crippen molar-refractivity contribution in [3.63, 3.8) is 0 Å². The number of anilines is 6. The van der Waals surface area contributed by atoms with E-state index in [1.165, 1.54) is 98.2 Å². The molecule has 16 rings (SSSR count). The Balaban J connectivity index is 0.928. The molecule has 0 bridgehead atoms. The molecule has 376 valence electrons. The summed E-state index contributed by atoms with van der Waals surface area (Å²) in [4.78, 5) is 5.05. The largest absolute Gasteiger partial charge is 0.310 e. The second kappa shape index (κ2) is 17.0. The number of rotatable bonds is 8. The molecule has 11 aromatic carbocycles. The minimum atomic E-state index is -0.178. The fraction of sp³-hybridized carbons (Fsp3) is 0.0811. The fourth-order valence-corrected chi connectivity index (χ4v) is 14.8. The van der Waals surface area contributed by atoms with Gasteiger partial charge in [-0.15, -0.1) is 11.3 Å². The van der Waals surface area contributed by atoms with Crippen LogP contribution in [0, 0.1) is 0 Å². The van der Waals surface area contributed by atoms with Crippen LogP contribution in [0.3, 0.4) is 0 Å². The minimum Gasteiger partial charge on any atom is -0.310 e. The maximum Gasteiger partial charge on any atom is 0.0641 e. The van der Waals surface area contributed by atoms with Gasteiger partial charge in [-0.3, -0.25) is 0 Å². The van der Waals surface area contributed by atoms with Crippen LogP contribution in [0.15, 0.2) is 254 Å². The smallest absolute Gasteiger partial charge is 0.0641 e. The van der Waals surface area contributed by atoms with Crippen LogP contribution in [0.25, 0.3) is 87.3 Å². The highest BCUT2D eigenvalue weighted by atomic mass is 32.1. The van der Waals surface area contributed by atoms with E-state index in [0.29, 0.717) is 0 Å². The Bertz CT molecular complexity index is 4500. The van der Waals surface area contributed by atoms with E-state index >= 15 is 0 Å². The molecule has 2 aliphatic carbocycles. The average Bonchev–Trinajstić information content (AvgIpc) is 4.50. The summed E-state index contributed by atoms with van der Waals surface area (Å²) in [5, 5.41) is 8.36. The standard InChI is InChI=1S/C74H54N4S/c1-73(2)62-27-15-11-23-53(62)55-35-31-51(45-64(55)73)75(49-33-37-69-60(43-49)57-25-13-17-29-66(57)77(69)47-19-7-5-8-20-47)68-39-40-71(72-59(68)41-42-79-72)76(52-32-36-56-54-24-12-16-28-63(54)74(3,4)65(56)46-52)50-34-38-70-61(44-50)58-26-14-18-30-67(58)78(70)48-21-9-6-10-22-48/h5-46H,1-4H3. The first-order valence-corrected chi connectivity index (χ1v) is 28.4. The van der Waals surface area contributed by atoms with Gasteiger partial charge >= 0.3 is 0 Å². The van der Waals surface area contributed by atoms with Crippen molar-refractivity contribution in [3.8, 4) is 33.6 Å². The number of fused-ring (bicyclic) bond motifs is 13. The van der Waals surface area contributed by atoms with E-state index in [9.17, 15) is 0 Å². The van der Waals surface area contributed by atoms with Gasteiger partial charge in [0.25, 0.3) is 0 Å². The quantitative estimate of drug-likeness (QED) is 0.151. The highest BCUT2D eigenvalue weighted by molar-refractivity contribution is 7.18. The zero-order chi connectivity index (χ0) is 52.7. The normalized spacial score (nSPS) is 13.8. The van der Waals surface area contributed by atoms with Gasteiger partial charge < -0.3 is 18.9 Å². The Morgan fingerprint density at radius 1 is 0.304 bits per heavy atom. The molecule has 0 saturated carbocycles. The number of aromatic nitrogens is 2. The highest BCUT2D eigenvalue weighted by Crippen LogP contribution is 2.55. The summed E-state index contributed by atoms with van der Waals surface area (Å²) < 4.78 is 6.03. The topological polar surface area (TPSA) is 16.3 Å². The van der Waals surface area contributed by atoms with Gasteiger partial charge in [0.15, 0.2) is 0 Å². The molecule has 3 aromatic heterocycles. The lowest BCUT2D eigenvalue weighted by Crippen LogP contribution is -2.17. The Labute approximate surface area is 463 Å². The monoisotopic (exact) mass is 1030 g/mol. The van der Waals surface area contributed by atoms with E-state index in [0.717, 1.165) is 45.5 Å². The number of nitrogens with zero attached hydrogens (tertiary/aromatic N) is 4. The molecule has 0 N–H and O–H groups in total. The molecule has 0 spiro atoms. The van der Waals surface area contributed by atoms with Crippen molar-refractivity contribution in [1.82, 2.24) is 9.13 Å². The van der Waals surface area contributed by atoms with Crippen molar-refractivity contribution in [1.29, 1.82) is 0 Å². The van der Waals surface area contributed by atoms with E-state index in [-0.39, 0.29) is 10.8 Å². The molecule has 79 heavy (non-hydrogen) atoms. The summed E-state index contributed by atoms with van der Waals surface area (Å²) in [5.41, 5.74) is 24.1. The fourth-order valence-electron chi connectivity index (χ4n) is 13.8. The first kappa shape index (κ1) is 45.7. The highest BCUT2D eigenvalue weighted by Gasteiger charge is 2.38. The van der Waals surface area contributed by atoms with E-state index < -0.39 is 0 Å². The Morgan fingerprint density at radius 3 is 1.22 bits per heavy atom. The van der Waals surface area contributed by atoms with Crippen LogP contribution in [0.5, 0.6) is 0 Å². The molecule has 4 nitrogen and oxygen atoms in total. The van der Waals surface area contributed by atoms with Crippen molar-refractivity contribution >= 4 is 99.2 Å². The minimum absolute atomic E-state index is 0.177. The molecular weight excluding hydrogens is 977 g/mol. The zero-order valence-electron chi connectivity index (χ0n) is 44.4. The molecule has 3 heterocycles. The maximum absolute atomic E-state index is 2.53. The van der Waals surface area contributed by atoms with Crippen LogP contribution >= 0.6 is 11.3 Å². The molecule has 14 aromatic rings. The van der Waals surface area contributed by atoms with Crippen LogP contribution in [-0.2, 0) is 10.8 Å². The Kier molecular flexibility index (Phi) is 9.87. The van der Waals surface area contributed by atoms with Gasteiger partial charge in [-0.05, 0) is 165 Å². The molecular formula is C74H54N4S. The van der Waals surface area contributed by atoms with Crippen LogP contribution in [-0.4, -0.2) is 9.13 Å². The van der Waals surface area contributed by atoms with Gasteiger partial charge in [0.05, 0.1) is 38.1 Å². The van der Waals surface area contributed by atoms with Crippen LogP contribution in [0.4, 0.5) is 34.1 Å². The van der Waals surface area contributed by atoms with Crippen molar-refractivity contribution in [2.45, 2.75) is 38.5 Å². The second-order valence-electron chi connectivity index (χ2n) is 22.5. The van der Waals surface area contributed by atoms with E-state index in [1.54, 1.807) is 0 Å². The summed E-state index contributed by atoms with van der Waals surface area (Å²) in [5.74, 6) is 0. The predicted molar refractivity (Wildman–Crippen MR) is 335 cm³/mol. The van der Waals surface area contributed by atoms with Gasteiger partial charge in [0, 0.05) is 71.9 Å². The second-order valence-corrected chi connectivity index (χ2v) is 23.4. The number of para-hydroxylation sites is 4. The van der Waals surface area contributed by atoms with Gasteiger partial charge in [0.1, 0.15) is 0 Å². The van der Waals surface area contributed by atoms with E-state index in [4.69, 9.17) is 0 Å². The summed E-state index contributed by atoms with van der Waals surface area (Å²) >= 11 is 1.82. The van der Waals surface area contributed by atoms with E-state index in [2.05, 4.69) is 301 Å². The summed E-state index contributed by atoms with van der Waals surface area (Å²) in [6, 6.07) is 92.8. The SMILES string of the molecule is CC1(C)c2ccccc2-c2ccc(N(c3ccc4c(c3)c3ccccc3n4-c3ccccc3)c3ccc(N(c4ccc5c(c4)C(C)(C)c4ccccc4-5)c4ccc5c(c4)c4ccccc4n5-c4ccccc4)c4sccc34)cc21. The lowest BCUT2D eigenvalue weighted by Gasteiger charge is -2.31. The number of thiophene rings is 1. The summed E-state index contributed by atoms with van der Waals surface area (Å²) in [6.07, 6.45) is 0. The summed E-state index contributed by atoms with van der Waals surface area (Å²) in [6.45, 7) is 9.53. The van der Waals surface area contributed by atoms with Crippen LogP contribution in [0.2, 0.25) is 0 Å². The van der Waals surface area contributed by atoms with Gasteiger partial charge in [0.2, 0.25) is 0 Å². The van der Waals surface area contributed by atoms with Crippen LogP contribution < -0.4 is 9.80 Å². The van der Waals surface area contributed by atoms with Crippen molar-refractivity contribution in [3.05, 3.63) is 276 Å². The molecule has 0 saturated heterocycles. The van der Waals surface area contributed by atoms with Gasteiger partial charge in [-0.1, -0.05) is 161 Å². The van der Waals surface area contributed by atoms with Crippen LogP contribution in [0.1, 0.15) is 49.9 Å². The number of benzene rings is 11. The zero-order valence-corrected chi connectivity index (χ0v) is 45.3. The third-order valence-electron chi connectivity index (χ3n) is 17.6.